The van der Waals surface area contributed by atoms with Crippen LogP contribution in [0, 0.1) is 0 Å². The lowest BCUT2D eigenvalue weighted by Crippen LogP contribution is -2.05. The number of fused-ring (bicyclic) bond motifs is 2. The van der Waals surface area contributed by atoms with Crippen molar-refractivity contribution in [1.82, 2.24) is 0 Å². The van der Waals surface area contributed by atoms with Crippen LogP contribution in [-0.4, -0.2) is 13.1 Å². The summed E-state index contributed by atoms with van der Waals surface area (Å²) in [7, 11) is 1.40. The second kappa shape index (κ2) is 5.90. The summed E-state index contributed by atoms with van der Waals surface area (Å²) in [6.07, 6.45) is 0.269. The Hall–Kier alpha value is -1.81. The highest BCUT2D eigenvalue weighted by molar-refractivity contribution is 9.09. The van der Waals surface area contributed by atoms with E-state index >= 15 is 0 Å². The molecule has 0 aromatic heterocycles. The Morgan fingerprint density at radius 1 is 1.29 bits per heavy atom. The lowest BCUT2D eigenvalue weighted by molar-refractivity contribution is -0.139. The van der Waals surface area contributed by atoms with E-state index in [1.54, 1.807) is 0 Å². The van der Waals surface area contributed by atoms with Crippen molar-refractivity contribution >= 4 is 21.9 Å². The van der Waals surface area contributed by atoms with E-state index in [0.717, 1.165) is 16.9 Å². The first kappa shape index (κ1) is 14.1. The molecule has 0 amide bonds. The van der Waals surface area contributed by atoms with Crippen molar-refractivity contribution < 1.29 is 14.3 Å². The Bertz CT molecular complexity index is 681. The van der Waals surface area contributed by atoms with E-state index < -0.39 is 0 Å². The average Bonchev–Trinajstić information content (AvgIpc) is 2.65. The Balaban J connectivity index is 2.00. The molecule has 3 rings (SSSR count). The fourth-order valence-electron chi connectivity index (χ4n) is 2.51. The molecule has 0 saturated heterocycles. The molecule has 0 aliphatic carbocycles. The largest absolute Gasteiger partial charge is 0.489 e. The number of methoxy groups -OCH3 is 1. The predicted octanol–water partition coefficient (Wildman–Crippen LogP) is 3.78. The summed E-state index contributed by atoms with van der Waals surface area (Å²) in [5.74, 6) is 0.609. The second-order valence-electron chi connectivity index (χ2n) is 4.98. The van der Waals surface area contributed by atoms with Crippen LogP contribution in [0.1, 0.15) is 27.1 Å². The number of rotatable bonds is 2. The van der Waals surface area contributed by atoms with Gasteiger partial charge in [-0.25, -0.2) is 0 Å². The third-order valence-corrected chi connectivity index (χ3v) is 4.62. The highest BCUT2D eigenvalue weighted by Gasteiger charge is 2.22. The maximum atomic E-state index is 11.4. The topological polar surface area (TPSA) is 35.5 Å². The molecule has 1 atom stereocenters. The van der Waals surface area contributed by atoms with Crippen molar-refractivity contribution in [2.24, 2.45) is 0 Å². The number of alkyl halides is 1. The molecule has 0 N–H and O–H groups in total. The molecule has 1 heterocycles. The molecular formula is C17H15BrO3. The summed E-state index contributed by atoms with van der Waals surface area (Å²) in [6.45, 7) is 0.557. The van der Waals surface area contributed by atoms with Crippen LogP contribution in [-0.2, 0) is 22.6 Å². The molecule has 108 valence electrons. The predicted molar refractivity (Wildman–Crippen MR) is 83.7 cm³/mol. The van der Waals surface area contributed by atoms with Crippen LogP contribution in [0.5, 0.6) is 5.75 Å². The van der Waals surface area contributed by atoms with E-state index in [-0.39, 0.29) is 17.2 Å². The first-order valence-electron chi connectivity index (χ1n) is 6.73. The molecule has 0 bridgehead atoms. The minimum atomic E-state index is -0.240. The van der Waals surface area contributed by atoms with Gasteiger partial charge in [-0.15, -0.1) is 0 Å². The van der Waals surface area contributed by atoms with E-state index in [4.69, 9.17) is 9.47 Å². The van der Waals surface area contributed by atoms with Crippen LogP contribution >= 0.6 is 15.9 Å². The fourth-order valence-corrected chi connectivity index (χ4v) is 3.32. The van der Waals surface area contributed by atoms with Gasteiger partial charge < -0.3 is 9.47 Å². The summed E-state index contributed by atoms with van der Waals surface area (Å²) >= 11 is 3.76. The van der Waals surface area contributed by atoms with E-state index in [1.165, 1.54) is 18.2 Å². The first-order valence-corrected chi connectivity index (χ1v) is 7.65. The second-order valence-corrected chi connectivity index (χ2v) is 5.89. The van der Waals surface area contributed by atoms with Crippen molar-refractivity contribution in [1.29, 1.82) is 0 Å². The maximum Gasteiger partial charge on any atom is 0.309 e. The smallest absolute Gasteiger partial charge is 0.309 e. The van der Waals surface area contributed by atoms with E-state index in [1.807, 2.05) is 30.3 Å². The Kier molecular flexibility index (Phi) is 3.97. The summed E-state index contributed by atoms with van der Waals surface area (Å²) in [5.41, 5.74) is 4.34. The number of hydrogen-bond donors (Lipinski definition) is 0. The van der Waals surface area contributed by atoms with Crippen LogP contribution in [0.3, 0.4) is 0 Å². The van der Waals surface area contributed by atoms with Gasteiger partial charge in [0, 0.05) is 5.56 Å². The van der Waals surface area contributed by atoms with Crippen LogP contribution in [0.15, 0.2) is 42.5 Å². The lowest BCUT2D eigenvalue weighted by atomic mass is 9.98. The zero-order valence-corrected chi connectivity index (χ0v) is 13.2. The number of ether oxygens (including phenoxy) is 2. The van der Waals surface area contributed by atoms with Gasteiger partial charge in [0.25, 0.3) is 0 Å². The average molecular weight is 347 g/mol. The first-order chi connectivity index (χ1) is 10.2. The maximum absolute atomic E-state index is 11.4. The Labute approximate surface area is 132 Å². The number of esters is 1. The molecule has 0 saturated carbocycles. The minimum absolute atomic E-state index is 0.0591. The molecule has 2 aromatic carbocycles. The summed E-state index contributed by atoms with van der Waals surface area (Å²) < 4.78 is 10.6. The van der Waals surface area contributed by atoms with Gasteiger partial charge in [-0.2, -0.15) is 0 Å². The van der Waals surface area contributed by atoms with Crippen LogP contribution in [0.25, 0.3) is 0 Å². The van der Waals surface area contributed by atoms with Crippen molar-refractivity contribution in [3.8, 4) is 5.75 Å². The van der Waals surface area contributed by atoms with Gasteiger partial charge in [0.15, 0.2) is 0 Å². The Morgan fingerprint density at radius 2 is 2.10 bits per heavy atom. The number of hydrogen-bond acceptors (Lipinski definition) is 3. The normalized spacial score (nSPS) is 16.2. The monoisotopic (exact) mass is 346 g/mol. The number of halogens is 1. The zero-order chi connectivity index (χ0) is 14.8. The van der Waals surface area contributed by atoms with Gasteiger partial charge in [-0.3, -0.25) is 4.79 Å². The molecule has 1 aliphatic heterocycles. The SMILES string of the molecule is COC(=O)Cc1ccc2c(c1)C(Br)c1ccccc1CO2. The zero-order valence-electron chi connectivity index (χ0n) is 11.6. The van der Waals surface area contributed by atoms with Gasteiger partial charge in [0.2, 0.25) is 0 Å². The molecule has 3 nitrogen and oxygen atoms in total. The number of carbonyl (C=O) groups excluding carboxylic acids is 1. The summed E-state index contributed by atoms with van der Waals surface area (Å²) in [4.78, 5) is 11.5. The number of carbonyl (C=O) groups is 1. The van der Waals surface area contributed by atoms with Crippen molar-refractivity contribution in [3.63, 3.8) is 0 Å². The summed E-state index contributed by atoms with van der Waals surface area (Å²) in [5, 5.41) is 0. The lowest BCUT2D eigenvalue weighted by Gasteiger charge is -2.13. The fraction of sp³-hybridized carbons (Fsp3) is 0.235. The molecule has 1 unspecified atom stereocenters. The van der Waals surface area contributed by atoms with Crippen LogP contribution in [0.2, 0.25) is 0 Å². The standard InChI is InChI=1S/C17H15BrO3/c1-20-16(19)9-11-6-7-15-14(8-11)17(18)13-5-3-2-4-12(13)10-21-15/h2-8,17H,9-10H2,1H3. The molecule has 1 aliphatic rings. The van der Waals surface area contributed by atoms with Crippen molar-refractivity contribution in [2.45, 2.75) is 17.9 Å². The van der Waals surface area contributed by atoms with E-state index in [2.05, 4.69) is 28.1 Å². The van der Waals surface area contributed by atoms with Gasteiger partial charge in [-0.1, -0.05) is 52.3 Å². The quantitative estimate of drug-likeness (QED) is 0.613. The van der Waals surface area contributed by atoms with Gasteiger partial charge in [-0.05, 0) is 22.8 Å². The van der Waals surface area contributed by atoms with Gasteiger partial charge >= 0.3 is 5.97 Å². The van der Waals surface area contributed by atoms with Gasteiger partial charge in [0.05, 0.1) is 18.4 Å². The third kappa shape index (κ3) is 2.81. The molecule has 21 heavy (non-hydrogen) atoms. The Morgan fingerprint density at radius 3 is 2.90 bits per heavy atom. The highest BCUT2D eigenvalue weighted by Crippen LogP contribution is 2.41. The number of benzene rings is 2. The molecule has 2 aromatic rings. The molecule has 4 heteroatoms. The van der Waals surface area contributed by atoms with Crippen molar-refractivity contribution in [3.05, 3.63) is 64.7 Å². The van der Waals surface area contributed by atoms with Gasteiger partial charge in [0.1, 0.15) is 12.4 Å². The molecule has 0 fully saturated rings. The van der Waals surface area contributed by atoms with Crippen LogP contribution in [0.4, 0.5) is 0 Å². The highest BCUT2D eigenvalue weighted by atomic mass is 79.9. The minimum Gasteiger partial charge on any atom is -0.489 e. The van der Waals surface area contributed by atoms with Crippen molar-refractivity contribution in [2.75, 3.05) is 7.11 Å². The van der Waals surface area contributed by atoms with E-state index in [0.29, 0.717) is 6.61 Å². The van der Waals surface area contributed by atoms with E-state index in [9.17, 15) is 4.79 Å². The van der Waals surface area contributed by atoms with Crippen LogP contribution < -0.4 is 4.74 Å². The third-order valence-electron chi connectivity index (χ3n) is 3.63. The molecular weight excluding hydrogens is 332 g/mol. The molecule has 0 radical (unpaired) electrons. The molecule has 0 spiro atoms. The summed E-state index contributed by atoms with van der Waals surface area (Å²) in [6, 6.07) is 14.1.